The molecular weight excluding hydrogens is 371 g/mol. The van der Waals surface area contributed by atoms with Crippen LogP contribution in [-0.2, 0) is 6.54 Å². The largest absolute Gasteiger partial charge is 0.340 e. The highest BCUT2D eigenvalue weighted by Gasteiger charge is 2.12. The van der Waals surface area contributed by atoms with Crippen LogP contribution >= 0.6 is 23.2 Å². The maximum absolute atomic E-state index is 12.3. The molecular formula is C19H16Cl2N4O. The Morgan fingerprint density at radius 2 is 1.77 bits per heavy atom. The van der Waals surface area contributed by atoms with E-state index in [2.05, 4.69) is 15.3 Å². The first-order valence-corrected chi connectivity index (χ1v) is 8.62. The van der Waals surface area contributed by atoms with Gasteiger partial charge in [-0.15, -0.1) is 0 Å². The Bertz CT molecular complexity index is 901. The molecule has 1 amide bonds. The first-order valence-electron chi connectivity index (χ1n) is 7.86. The zero-order valence-electron chi connectivity index (χ0n) is 14.0. The second-order valence-corrected chi connectivity index (χ2v) is 6.54. The number of rotatable bonds is 5. The van der Waals surface area contributed by atoms with Crippen molar-refractivity contribution >= 4 is 40.7 Å². The molecule has 0 saturated carbocycles. The molecule has 3 aromatic rings. The Hall–Kier alpha value is -2.63. The molecule has 0 aliphatic rings. The van der Waals surface area contributed by atoms with Gasteiger partial charge in [-0.1, -0.05) is 53.5 Å². The molecule has 0 unspecified atom stereocenters. The number of hydrogen-bond acceptors (Lipinski definition) is 4. The van der Waals surface area contributed by atoms with Crippen molar-refractivity contribution in [2.24, 2.45) is 0 Å². The molecule has 0 aliphatic heterocycles. The normalized spacial score (nSPS) is 10.4. The molecule has 1 N–H and O–H groups in total. The molecule has 0 atom stereocenters. The summed E-state index contributed by atoms with van der Waals surface area (Å²) in [5.41, 5.74) is 1.92. The molecule has 0 fully saturated rings. The first-order chi connectivity index (χ1) is 12.5. The topological polar surface area (TPSA) is 58.1 Å². The Kier molecular flexibility index (Phi) is 5.71. The minimum Gasteiger partial charge on any atom is -0.340 e. The van der Waals surface area contributed by atoms with Gasteiger partial charge in [0.1, 0.15) is 0 Å². The van der Waals surface area contributed by atoms with E-state index in [0.29, 0.717) is 33.8 Å². The van der Waals surface area contributed by atoms with Gasteiger partial charge in [-0.25, -0.2) is 9.97 Å². The molecule has 3 rings (SSSR count). The van der Waals surface area contributed by atoms with Gasteiger partial charge < -0.3 is 10.2 Å². The van der Waals surface area contributed by atoms with Crippen molar-refractivity contribution in [3.8, 4) is 0 Å². The van der Waals surface area contributed by atoms with Gasteiger partial charge in [-0.3, -0.25) is 4.79 Å². The summed E-state index contributed by atoms with van der Waals surface area (Å²) in [4.78, 5) is 22.8. The molecule has 0 radical (unpaired) electrons. The van der Waals surface area contributed by atoms with Crippen molar-refractivity contribution in [2.75, 3.05) is 17.3 Å². The average molecular weight is 387 g/mol. The summed E-state index contributed by atoms with van der Waals surface area (Å²) in [6.45, 7) is 0.671. The predicted octanol–water partition coefficient (Wildman–Crippen LogP) is 4.67. The molecule has 7 heteroatoms. The third-order valence-electron chi connectivity index (χ3n) is 3.68. The van der Waals surface area contributed by atoms with E-state index in [1.807, 2.05) is 42.3 Å². The van der Waals surface area contributed by atoms with Gasteiger partial charge in [0.05, 0.1) is 16.3 Å². The molecule has 0 saturated heterocycles. The fraction of sp³-hybridized carbons (Fsp3) is 0.105. The van der Waals surface area contributed by atoms with Crippen LogP contribution in [0.15, 0.2) is 60.9 Å². The van der Waals surface area contributed by atoms with Gasteiger partial charge in [-0.05, 0) is 23.8 Å². The van der Waals surface area contributed by atoms with Crippen LogP contribution in [0.25, 0.3) is 0 Å². The van der Waals surface area contributed by atoms with E-state index in [9.17, 15) is 4.79 Å². The number of carbonyl (C=O) groups is 1. The van der Waals surface area contributed by atoms with E-state index in [-0.39, 0.29) is 5.91 Å². The highest BCUT2D eigenvalue weighted by molar-refractivity contribution is 6.35. The number of nitrogens with zero attached hydrogens (tertiary/aromatic N) is 3. The van der Waals surface area contributed by atoms with E-state index < -0.39 is 0 Å². The second-order valence-electron chi connectivity index (χ2n) is 5.69. The Balaban J connectivity index is 1.68. The van der Waals surface area contributed by atoms with Crippen LogP contribution in [0, 0.1) is 0 Å². The average Bonchev–Trinajstić information content (AvgIpc) is 2.65. The zero-order chi connectivity index (χ0) is 18.5. The molecule has 1 heterocycles. The molecule has 0 bridgehead atoms. The Morgan fingerprint density at radius 1 is 1.08 bits per heavy atom. The lowest BCUT2D eigenvalue weighted by Crippen LogP contribution is -2.20. The van der Waals surface area contributed by atoms with Crippen LogP contribution < -0.4 is 10.2 Å². The molecule has 26 heavy (non-hydrogen) atoms. The zero-order valence-corrected chi connectivity index (χ0v) is 15.5. The molecule has 2 aromatic carbocycles. The van der Waals surface area contributed by atoms with Gasteiger partial charge in [-0.2, -0.15) is 0 Å². The molecule has 1 aromatic heterocycles. The number of aromatic nitrogens is 2. The lowest BCUT2D eigenvalue weighted by atomic mass is 10.2. The minimum absolute atomic E-state index is 0.331. The van der Waals surface area contributed by atoms with Gasteiger partial charge in [0.2, 0.25) is 5.95 Å². The number of carbonyl (C=O) groups excluding carboxylic acids is 1. The predicted molar refractivity (Wildman–Crippen MR) is 105 cm³/mol. The SMILES string of the molecule is CN(Cc1ccccc1)c1ncc(C(=O)Nc2cc(Cl)ccc2Cl)cn1. The quantitative estimate of drug-likeness (QED) is 0.691. The van der Waals surface area contributed by atoms with Crippen LogP contribution in [0.3, 0.4) is 0 Å². The van der Waals surface area contributed by atoms with Crippen molar-refractivity contribution in [2.45, 2.75) is 6.54 Å². The molecule has 0 spiro atoms. The number of hydrogen-bond donors (Lipinski definition) is 1. The van der Waals surface area contributed by atoms with Gasteiger partial charge in [0, 0.05) is 31.0 Å². The third-order valence-corrected chi connectivity index (χ3v) is 4.25. The fourth-order valence-corrected chi connectivity index (χ4v) is 2.69. The Morgan fingerprint density at radius 3 is 2.46 bits per heavy atom. The molecule has 5 nitrogen and oxygen atoms in total. The van der Waals surface area contributed by atoms with Crippen LogP contribution in [0.1, 0.15) is 15.9 Å². The highest BCUT2D eigenvalue weighted by Crippen LogP contribution is 2.25. The van der Waals surface area contributed by atoms with Crippen LogP contribution in [0.5, 0.6) is 0 Å². The third kappa shape index (κ3) is 4.50. The number of anilines is 2. The molecule has 132 valence electrons. The van der Waals surface area contributed by atoms with Crippen LogP contribution in [-0.4, -0.2) is 22.9 Å². The van der Waals surface area contributed by atoms with E-state index in [4.69, 9.17) is 23.2 Å². The maximum Gasteiger partial charge on any atom is 0.258 e. The summed E-state index contributed by atoms with van der Waals surface area (Å²) in [6.07, 6.45) is 2.97. The summed E-state index contributed by atoms with van der Waals surface area (Å²) in [7, 11) is 1.90. The van der Waals surface area contributed by atoms with Crippen molar-refractivity contribution in [3.63, 3.8) is 0 Å². The summed E-state index contributed by atoms with van der Waals surface area (Å²) in [5, 5.41) is 3.60. The van der Waals surface area contributed by atoms with Crippen molar-refractivity contribution in [3.05, 3.63) is 82.1 Å². The summed E-state index contributed by atoms with van der Waals surface area (Å²) < 4.78 is 0. The standard InChI is InChI=1S/C19H16Cl2N4O/c1-25(12-13-5-3-2-4-6-13)19-22-10-14(11-23-19)18(26)24-17-9-15(20)7-8-16(17)21/h2-11H,12H2,1H3,(H,24,26). The van der Waals surface area contributed by atoms with Gasteiger partial charge in [0.15, 0.2) is 0 Å². The summed E-state index contributed by atoms with van der Waals surface area (Å²) in [5.74, 6) is 0.178. The van der Waals surface area contributed by atoms with Crippen LogP contribution in [0.4, 0.5) is 11.6 Å². The number of halogens is 2. The minimum atomic E-state index is -0.355. The van der Waals surface area contributed by atoms with Crippen molar-refractivity contribution in [1.82, 2.24) is 9.97 Å². The van der Waals surface area contributed by atoms with E-state index in [1.165, 1.54) is 12.4 Å². The van der Waals surface area contributed by atoms with E-state index >= 15 is 0 Å². The summed E-state index contributed by atoms with van der Waals surface area (Å²) >= 11 is 12.0. The lowest BCUT2D eigenvalue weighted by Gasteiger charge is -2.17. The number of benzene rings is 2. The summed E-state index contributed by atoms with van der Waals surface area (Å²) in [6, 6.07) is 14.9. The monoisotopic (exact) mass is 386 g/mol. The van der Waals surface area contributed by atoms with E-state index in [1.54, 1.807) is 18.2 Å². The van der Waals surface area contributed by atoms with E-state index in [0.717, 1.165) is 5.56 Å². The van der Waals surface area contributed by atoms with Crippen molar-refractivity contribution < 1.29 is 4.79 Å². The van der Waals surface area contributed by atoms with Gasteiger partial charge in [0.25, 0.3) is 5.91 Å². The molecule has 0 aliphatic carbocycles. The number of nitrogens with one attached hydrogen (secondary N) is 1. The van der Waals surface area contributed by atoms with Crippen molar-refractivity contribution in [1.29, 1.82) is 0 Å². The van der Waals surface area contributed by atoms with Crippen LogP contribution in [0.2, 0.25) is 10.0 Å². The second kappa shape index (κ2) is 8.17. The lowest BCUT2D eigenvalue weighted by molar-refractivity contribution is 0.102. The number of amides is 1. The fourth-order valence-electron chi connectivity index (χ4n) is 2.35. The maximum atomic E-state index is 12.3. The first kappa shape index (κ1) is 18.2. The highest BCUT2D eigenvalue weighted by atomic mass is 35.5. The Labute approximate surface area is 161 Å². The smallest absolute Gasteiger partial charge is 0.258 e. The van der Waals surface area contributed by atoms with Gasteiger partial charge >= 0.3 is 0 Å².